The predicted molar refractivity (Wildman–Crippen MR) is 72.0 cm³/mol. The van der Waals surface area contributed by atoms with E-state index in [0.717, 1.165) is 12.5 Å². The molecular formula is C15H29NO. The summed E-state index contributed by atoms with van der Waals surface area (Å²) >= 11 is 0. The van der Waals surface area contributed by atoms with Crippen molar-refractivity contribution in [3.05, 3.63) is 0 Å². The Labute approximate surface area is 106 Å². The van der Waals surface area contributed by atoms with Crippen LogP contribution in [0.2, 0.25) is 0 Å². The minimum atomic E-state index is 0.0140. The third-order valence-corrected chi connectivity index (χ3v) is 4.64. The van der Waals surface area contributed by atoms with E-state index < -0.39 is 0 Å². The Morgan fingerprint density at radius 1 is 1.18 bits per heavy atom. The predicted octanol–water partition coefficient (Wildman–Crippen LogP) is 3.63. The van der Waals surface area contributed by atoms with E-state index in [0.29, 0.717) is 0 Å². The summed E-state index contributed by atoms with van der Waals surface area (Å²) in [5.41, 5.74) is 6.50. The standard InChI is InChI=1S/C15H29NO/c1-2-17-15(11-5-3-4-6-12-15)14(16)10-9-13-7-8-13/h13-14H,2-12,16H2,1H3. The van der Waals surface area contributed by atoms with Crippen molar-refractivity contribution in [1.82, 2.24) is 0 Å². The monoisotopic (exact) mass is 239 g/mol. The van der Waals surface area contributed by atoms with Gasteiger partial charge < -0.3 is 10.5 Å². The highest BCUT2D eigenvalue weighted by molar-refractivity contribution is 4.93. The van der Waals surface area contributed by atoms with Crippen molar-refractivity contribution in [3.63, 3.8) is 0 Å². The summed E-state index contributed by atoms with van der Waals surface area (Å²) in [4.78, 5) is 0. The van der Waals surface area contributed by atoms with Gasteiger partial charge in [-0.2, -0.15) is 0 Å². The highest BCUT2D eigenvalue weighted by atomic mass is 16.5. The molecule has 0 heterocycles. The van der Waals surface area contributed by atoms with Crippen LogP contribution in [0.3, 0.4) is 0 Å². The second-order valence-electron chi connectivity index (χ2n) is 6.04. The van der Waals surface area contributed by atoms with Crippen molar-refractivity contribution < 1.29 is 4.74 Å². The molecule has 0 saturated heterocycles. The smallest absolute Gasteiger partial charge is 0.0832 e. The molecule has 1 unspecified atom stereocenters. The Morgan fingerprint density at radius 2 is 1.82 bits per heavy atom. The molecule has 0 spiro atoms. The average molecular weight is 239 g/mol. The zero-order valence-electron chi connectivity index (χ0n) is 11.4. The van der Waals surface area contributed by atoms with Crippen molar-refractivity contribution >= 4 is 0 Å². The molecule has 0 bridgehead atoms. The van der Waals surface area contributed by atoms with Gasteiger partial charge in [0.15, 0.2) is 0 Å². The molecule has 0 aliphatic heterocycles. The van der Waals surface area contributed by atoms with E-state index in [-0.39, 0.29) is 11.6 Å². The first-order valence-corrected chi connectivity index (χ1v) is 7.66. The van der Waals surface area contributed by atoms with E-state index in [2.05, 4.69) is 6.92 Å². The van der Waals surface area contributed by atoms with Crippen LogP contribution in [0.4, 0.5) is 0 Å². The van der Waals surface area contributed by atoms with Crippen molar-refractivity contribution in [2.75, 3.05) is 6.61 Å². The topological polar surface area (TPSA) is 35.2 Å². The number of rotatable bonds is 6. The molecule has 0 aromatic rings. The lowest BCUT2D eigenvalue weighted by molar-refractivity contribution is -0.0705. The Bertz CT molecular complexity index is 217. The first kappa shape index (κ1) is 13.4. The van der Waals surface area contributed by atoms with Crippen LogP contribution in [-0.4, -0.2) is 18.2 Å². The van der Waals surface area contributed by atoms with E-state index in [9.17, 15) is 0 Å². The number of hydrogen-bond donors (Lipinski definition) is 1. The van der Waals surface area contributed by atoms with E-state index in [4.69, 9.17) is 10.5 Å². The molecule has 2 heteroatoms. The molecule has 2 saturated carbocycles. The molecule has 2 rings (SSSR count). The first-order chi connectivity index (χ1) is 8.27. The fraction of sp³-hybridized carbons (Fsp3) is 1.00. The maximum atomic E-state index is 6.49. The summed E-state index contributed by atoms with van der Waals surface area (Å²) in [7, 11) is 0. The molecule has 100 valence electrons. The Balaban J connectivity index is 1.91. The fourth-order valence-electron chi connectivity index (χ4n) is 3.32. The van der Waals surface area contributed by atoms with Crippen LogP contribution in [0.25, 0.3) is 0 Å². The van der Waals surface area contributed by atoms with Crippen LogP contribution in [-0.2, 0) is 4.74 Å². The summed E-state index contributed by atoms with van der Waals surface area (Å²) in [6.45, 7) is 2.93. The average Bonchev–Trinajstić information content (AvgIpc) is 3.14. The number of ether oxygens (including phenoxy) is 1. The maximum absolute atomic E-state index is 6.49. The highest BCUT2D eigenvalue weighted by Crippen LogP contribution is 2.38. The Hall–Kier alpha value is -0.0800. The molecule has 0 amide bonds. The highest BCUT2D eigenvalue weighted by Gasteiger charge is 2.38. The lowest BCUT2D eigenvalue weighted by Crippen LogP contribution is -2.50. The first-order valence-electron chi connectivity index (χ1n) is 7.66. The van der Waals surface area contributed by atoms with Gasteiger partial charge in [0, 0.05) is 12.6 Å². The Morgan fingerprint density at radius 3 is 2.35 bits per heavy atom. The molecule has 2 aliphatic carbocycles. The molecule has 0 aromatic heterocycles. The van der Waals surface area contributed by atoms with Gasteiger partial charge in [-0.15, -0.1) is 0 Å². The van der Waals surface area contributed by atoms with Gasteiger partial charge in [0.25, 0.3) is 0 Å². The van der Waals surface area contributed by atoms with Crippen LogP contribution < -0.4 is 5.73 Å². The largest absolute Gasteiger partial charge is 0.374 e. The van der Waals surface area contributed by atoms with E-state index in [1.807, 2.05) is 0 Å². The molecule has 0 aromatic carbocycles. The van der Waals surface area contributed by atoms with Crippen molar-refractivity contribution in [3.8, 4) is 0 Å². The third kappa shape index (κ3) is 3.69. The zero-order chi connectivity index (χ0) is 12.1. The molecule has 2 aliphatic rings. The second kappa shape index (κ2) is 6.19. The molecule has 17 heavy (non-hydrogen) atoms. The number of hydrogen-bond acceptors (Lipinski definition) is 2. The minimum absolute atomic E-state index is 0.0140. The second-order valence-corrected chi connectivity index (χ2v) is 6.04. The summed E-state index contributed by atoms with van der Waals surface area (Å²) in [6, 6.07) is 0.265. The van der Waals surface area contributed by atoms with Crippen molar-refractivity contribution in [2.45, 2.75) is 82.8 Å². The van der Waals surface area contributed by atoms with E-state index in [1.54, 1.807) is 0 Å². The molecule has 1 atom stereocenters. The van der Waals surface area contributed by atoms with Gasteiger partial charge >= 0.3 is 0 Å². The van der Waals surface area contributed by atoms with Gasteiger partial charge in [-0.1, -0.05) is 38.5 Å². The van der Waals surface area contributed by atoms with Crippen molar-refractivity contribution in [1.29, 1.82) is 0 Å². The van der Waals surface area contributed by atoms with Crippen LogP contribution in [0.15, 0.2) is 0 Å². The maximum Gasteiger partial charge on any atom is 0.0832 e. The molecule has 2 N–H and O–H groups in total. The SMILES string of the molecule is CCOC1(C(N)CCC2CC2)CCCCCC1. The lowest BCUT2D eigenvalue weighted by Gasteiger charge is -2.38. The van der Waals surface area contributed by atoms with Gasteiger partial charge in [0.1, 0.15) is 0 Å². The van der Waals surface area contributed by atoms with Gasteiger partial charge in [0.2, 0.25) is 0 Å². The normalized spacial score (nSPS) is 26.5. The van der Waals surface area contributed by atoms with Crippen molar-refractivity contribution in [2.24, 2.45) is 11.7 Å². The van der Waals surface area contributed by atoms with Gasteiger partial charge in [0.05, 0.1) is 5.60 Å². The molecule has 2 nitrogen and oxygen atoms in total. The van der Waals surface area contributed by atoms with Crippen LogP contribution in [0.1, 0.15) is 71.1 Å². The molecule has 0 radical (unpaired) electrons. The van der Waals surface area contributed by atoms with E-state index in [1.165, 1.54) is 64.2 Å². The fourth-order valence-corrected chi connectivity index (χ4v) is 3.32. The quantitative estimate of drug-likeness (QED) is 0.718. The minimum Gasteiger partial charge on any atom is -0.374 e. The Kier molecular flexibility index (Phi) is 4.87. The third-order valence-electron chi connectivity index (χ3n) is 4.64. The van der Waals surface area contributed by atoms with Gasteiger partial charge in [-0.3, -0.25) is 0 Å². The summed E-state index contributed by atoms with van der Waals surface area (Å²) in [5.74, 6) is 0.991. The molecule has 2 fully saturated rings. The van der Waals surface area contributed by atoms with Gasteiger partial charge in [-0.05, 0) is 38.5 Å². The summed E-state index contributed by atoms with van der Waals surface area (Å²) < 4.78 is 6.14. The van der Waals surface area contributed by atoms with Crippen LogP contribution in [0, 0.1) is 5.92 Å². The number of nitrogens with two attached hydrogens (primary N) is 1. The summed E-state index contributed by atoms with van der Waals surface area (Å²) in [6.07, 6.45) is 13.1. The van der Waals surface area contributed by atoms with Crippen LogP contribution in [0.5, 0.6) is 0 Å². The summed E-state index contributed by atoms with van der Waals surface area (Å²) in [5, 5.41) is 0. The zero-order valence-corrected chi connectivity index (χ0v) is 11.4. The lowest BCUT2D eigenvalue weighted by atomic mass is 9.83. The molecular weight excluding hydrogens is 210 g/mol. The van der Waals surface area contributed by atoms with Gasteiger partial charge in [-0.25, -0.2) is 0 Å². The van der Waals surface area contributed by atoms with E-state index >= 15 is 0 Å². The van der Waals surface area contributed by atoms with Crippen LogP contribution >= 0.6 is 0 Å².